The first-order valence-electron chi connectivity index (χ1n) is 8.38. The standard InChI is InChI=1S/C19H21N5O2/c1-5-26-18(25)16-10-20-19(24-11-12(2)9-21-24)23-17(16)22-15-7-6-13(3)14(4)8-15/h6-11H,5H2,1-4H3,(H,20,22,23). The van der Waals surface area contributed by atoms with Gasteiger partial charge in [-0.2, -0.15) is 10.1 Å². The van der Waals surface area contributed by atoms with Crippen LogP contribution in [0.15, 0.2) is 36.8 Å². The second-order valence-corrected chi connectivity index (χ2v) is 6.04. The molecule has 7 nitrogen and oxygen atoms in total. The molecule has 26 heavy (non-hydrogen) atoms. The topological polar surface area (TPSA) is 81.9 Å². The minimum Gasteiger partial charge on any atom is -0.462 e. The first-order chi connectivity index (χ1) is 12.5. The van der Waals surface area contributed by atoms with Crippen LogP contribution in [0.5, 0.6) is 0 Å². The van der Waals surface area contributed by atoms with Gasteiger partial charge in [0, 0.05) is 18.1 Å². The lowest BCUT2D eigenvalue weighted by molar-refractivity contribution is 0.0526. The van der Waals surface area contributed by atoms with E-state index in [1.54, 1.807) is 17.8 Å². The predicted octanol–water partition coefficient (Wildman–Crippen LogP) is 3.51. The van der Waals surface area contributed by atoms with E-state index in [1.807, 2.05) is 45.2 Å². The summed E-state index contributed by atoms with van der Waals surface area (Å²) in [6, 6.07) is 5.96. The molecule has 134 valence electrons. The molecule has 7 heteroatoms. The number of nitrogens with zero attached hydrogens (tertiary/aromatic N) is 4. The number of hydrogen-bond acceptors (Lipinski definition) is 6. The van der Waals surface area contributed by atoms with Crippen LogP contribution in [-0.2, 0) is 4.74 Å². The Morgan fingerprint density at radius 2 is 2.00 bits per heavy atom. The smallest absolute Gasteiger partial charge is 0.343 e. The summed E-state index contributed by atoms with van der Waals surface area (Å²) >= 11 is 0. The predicted molar refractivity (Wildman–Crippen MR) is 99.0 cm³/mol. The normalized spacial score (nSPS) is 10.6. The molecule has 0 fully saturated rings. The number of carbonyl (C=O) groups excluding carboxylic acids is 1. The fraction of sp³-hybridized carbons (Fsp3) is 0.263. The molecule has 0 radical (unpaired) electrons. The van der Waals surface area contributed by atoms with E-state index in [1.165, 1.54) is 11.8 Å². The van der Waals surface area contributed by atoms with Crippen LogP contribution >= 0.6 is 0 Å². The maximum absolute atomic E-state index is 12.3. The molecule has 0 bridgehead atoms. The average Bonchev–Trinajstić information content (AvgIpc) is 3.05. The number of hydrogen-bond donors (Lipinski definition) is 1. The van der Waals surface area contributed by atoms with Crippen molar-refractivity contribution in [3.8, 4) is 5.95 Å². The van der Waals surface area contributed by atoms with Gasteiger partial charge in [0.05, 0.1) is 12.8 Å². The molecule has 3 rings (SSSR count). The van der Waals surface area contributed by atoms with Gasteiger partial charge in [0.1, 0.15) is 5.56 Å². The summed E-state index contributed by atoms with van der Waals surface area (Å²) in [6.45, 7) is 8.06. The molecule has 0 saturated heterocycles. The van der Waals surface area contributed by atoms with Crippen LogP contribution in [0.4, 0.5) is 11.5 Å². The summed E-state index contributed by atoms with van der Waals surface area (Å²) in [5.41, 5.74) is 4.44. The van der Waals surface area contributed by atoms with Gasteiger partial charge in [-0.25, -0.2) is 14.5 Å². The SMILES string of the molecule is CCOC(=O)c1cnc(-n2cc(C)cn2)nc1Nc1ccc(C)c(C)c1. The van der Waals surface area contributed by atoms with Gasteiger partial charge < -0.3 is 10.1 Å². The lowest BCUT2D eigenvalue weighted by atomic mass is 10.1. The molecule has 0 saturated carbocycles. The van der Waals surface area contributed by atoms with Crippen LogP contribution in [0.25, 0.3) is 5.95 Å². The molecule has 2 heterocycles. The highest BCUT2D eigenvalue weighted by Gasteiger charge is 2.17. The van der Waals surface area contributed by atoms with Gasteiger partial charge in [-0.3, -0.25) is 0 Å². The zero-order valence-electron chi connectivity index (χ0n) is 15.3. The number of carbonyl (C=O) groups is 1. The number of aromatic nitrogens is 4. The van der Waals surface area contributed by atoms with E-state index in [0.717, 1.165) is 16.8 Å². The molecular formula is C19H21N5O2. The van der Waals surface area contributed by atoms with Gasteiger partial charge in [-0.05, 0) is 56.5 Å². The minimum absolute atomic E-state index is 0.276. The van der Waals surface area contributed by atoms with Crippen molar-refractivity contribution in [2.45, 2.75) is 27.7 Å². The van der Waals surface area contributed by atoms with Crippen LogP contribution in [0.2, 0.25) is 0 Å². The summed E-state index contributed by atoms with van der Waals surface area (Å²) in [4.78, 5) is 21.0. The van der Waals surface area contributed by atoms with E-state index >= 15 is 0 Å². The first-order valence-corrected chi connectivity index (χ1v) is 8.38. The molecule has 0 aliphatic carbocycles. The van der Waals surface area contributed by atoms with Crippen molar-refractivity contribution >= 4 is 17.5 Å². The number of anilines is 2. The molecule has 2 aromatic heterocycles. The zero-order chi connectivity index (χ0) is 18.7. The molecule has 1 aromatic carbocycles. The number of nitrogens with one attached hydrogen (secondary N) is 1. The molecule has 0 amide bonds. The number of ether oxygens (including phenoxy) is 1. The molecule has 0 aliphatic heterocycles. The van der Waals surface area contributed by atoms with Crippen LogP contribution < -0.4 is 5.32 Å². The van der Waals surface area contributed by atoms with Crippen molar-refractivity contribution in [1.82, 2.24) is 19.7 Å². The van der Waals surface area contributed by atoms with Gasteiger partial charge >= 0.3 is 5.97 Å². The Labute approximate surface area is 152 Å². The number of esters is 1. The minimum atomic E-state index is -0.470. The van der Waals surface area contributed by atoms with Gasteiger partial charge in [0.25, 0.3) is 5.95 Å². The number of aryl methyl sites for hydroxylation is 3. The van der Waals surface area contributed by atoms with Gasteiger partial charge in [0.2, 0.25) is 0 Å². The highest BCUT2D eigenvalue weighted by Crippen LogP contribution is 2.22. The Morgan fingerprint density at radius 3 is 2.65 bits per heavy atom. The van der Waals surface area contributed by atoms with E-state index in [4.69, 9.17) is 4.74 Å². The summed E-state index contributed by atoms with van der Waals surface area (Å²) < 4.78 is 6.68. The fourth-order valence-corrected chi connectivity index (χ4v) is 2.41. The van der Waals surface area contributed by atoms with Gasteiger partial charge in [-0.15, -0.1) is 0 Å². The molecule has 1 N–H and O–H groups in total. The number of benzene rings is 1. The van der Waals surface area contributed by atoms with E-state index in [0.29, 0.717) is 11.8 Å². The number of rotatable bonds is 5. The summed E-state index contributed by atoms with van der Waals surface area (Å²) in [5, 5.41) is 7.42. The van der Waals surface area contributed by atoms with Crippen LogP contribution in [0.3, 0.4) is 0 Å². The lowest BCUT2D eigenvalue weighted by Crippen LogP contribution is -2.13. The molecule has 0 spiro atoms. The summed E-state index contributed by atoms with van der Waals surface area (Å²) in [5.74, 6) is 0.282. The van der Waals surface area contributed by atoms with Crippen molar-refractivity contribution in [3.63, 3.8) is 0 Å². The highest BCUT2D eigenvalue weighted by molar-refractivity contribution is 5.95. The van der Waals surface area contributed by atoms with Crippen molar-refractivity contribution in [1.29, 1.82) is 0 Å². The molecule has 0 aliphatic rings. The third-order valence-electron chi connectivity index (χ3n) is 3.96. The maximum atomic E-state index is 12.3. The second kappa shape index (κ2) is 7.35. The van der Waals surface area contributed by atoms with E-state index in [-0.39, 0.29) is 12.2 Å². The largest absolute Gasteiger partial charge is 0.462 e. The molecule has 3 aromatic rings. The Bertz CT molecular complexity index is 949. The Morgan fingerprint density at radius 1 is 1.19 bits per heavy atom. The highest BCUT2D eigenvalue weighted by atomic mass is 16.5. The Hall–Kier alpha value is -3.22. The molecule has 0 unspecified atom stereocenters. The van der Waals surface area contributed by atoms with Crippen molar-refractivity contribution < 1.29 is 9.53 Å². The summed E-state index contributed by atoms with van der Waals surface area (Å²) in [6.07, 6.45) is 5.00. The fourth-order valence-electron chi connectivity index (χ4n) is 2.41. The quantitative estimate of drug-likeness (QED) is 0.709. The van der Waals surface area contributed by atoms with Gasteiger partial charge in [0.15, 0.2) is 5.82 Å². The molecule has 0 atom stereocenters. The third kappa shape index (κ3) is 3.72. The van der Waals surface area contributed by atoms with E-state index in [9.17, 15) is 4.79 Å². The zero-order valence-corrected chi connectivity index (χ0v) is 15.3. The second-order valence-electron chi connectivity index (χ2n) is 6.04. The third-order valence-corrected chi connectivity index (χ3v) is 3.96. The van der Waals surface area contributed by atoms with E-state index < -0.39 is 5.97 Å². The van der Waals surface area contributed by atoms with Crippen molar-refractivity contribution in [2.24, 2.45) is 0 Å². The maximum Gasteiger partial charge on any atom is 0.343 e. The van der Waals surface area contributed by atoms with Crippen LogP contribution in [0, 0.1) is 20.8 Å². The Balaban J connectivity index is 2.02. The molecular weight excluding hydrogens is 330 g/mol. The monoisotopic (exact) mass is 351 g/mol. The Kier molecular flexibility index (Phi) is 4.97. The van der Waals surface area contributed by atoms with Crippen LogP contribution in [0.1, 0.15) is 34.0 Å². The van der Waals surface area contributed by atoms with Gasteiger partial charge in [-0.1, -0.05) is 6.07 Å². The van der Waals surface area contributed by atoms with Crippen molar-refractivity contribution in [3.05, 3.63) is 59.0 Å². The average molecular weight is 351 g/mol. The van der Waals surface area contributed by atoms with E-state index in [2.05, 4.69) is 20.4 Å². The van der Waals surface area contributed by atoms with Crippen molar-refractivity contribution in [2.75, 3.05) is 11.9 Å². The first kappa shape index (κ1) is 17.6. The lowest BCUT2D eigenvalue weighted by Gasteiger charge is -2.12. The summed E-state index contributed by atoms with van der Waals surface area (Å²) in [7, 11) is 0. The van der Waals surface area contributed by atoms with Crippen LogP contribution in [-0.4, -0.2) is 32.3 Å².